The Morgan fingerprint density at radius 1 is 1.00 bits per heavy atom. The first kappa shape index (κ1) is 21.7. The Balaban J connectivity index is 1.61. The molecule has 0 saturated heterocycles. The molecule has 2 aliphatic rings. The number of carbonyl (C=O) groups excluding carboxylic acids is 1. The van der Waals surface area contributed by atoms with Gasteiger partial charge in [0.1, 0.15) is 5.82 Å². The van der Waals surface area contributed by atoms with Crippen LogP contribution < -0.4 is 10.6 Å². The van der Waals surface area contributed by atoms with Crippen molar-refractivity contribution in [2.45, 2.75) is 25.2 Å². The third kappa shape index (κ3) is 3.23. The number of rotatable bonds is 2. The van der Waals surface area contributed by atoms with Crippen molar-refractivity contribution in [2.24, 2.45) is 12.8 Å². The second-order valence-electron chi connectivity index (χ2n) is 9.15. The summed E-state index contributed by atoms with van der Waals surface area (Å²) in [6.07, 6.45) is 1.99. The van der Waals surface area contributed by atoms with E-state index < -0.39 is 5.92 Å². The van der Waals surface area contributed by atoms with Crippen LogP contribution in [-0.2, 0) is 11.8 Å². The van der Waals surface area contributed by atoms with Gasteiger partial charge in [-0.3, -0.25) is 9.69 Å². The summed E-state index contributed by atoms with van der Waals surface area (Å²) in [6, 6.07) is 24.7. The quantitative estimate of drug-likeness (QED) is 0.330. The van der Waals surface area contributed by atoms with Gasteiger partial charge in [0.05, 0.1) is 17.6 Å². The minimum absolute atomic E-state index is 0.0921. The van der Waals surface area contributed by atoms with Gasteiger partial charge in [0.2, 0.25) is 0 Å². The van der Waals surface area contributed by atoms with E-state index in [2.05, 4.69) is 57.9 Å². The highest BCUT2D eigenvalue weighted by Gasteiger charge is 2.40. The Hall–Kier alpha value is -3.82. The van der Waals surface area contributed by atoms with E-state index >= 15 is 0 Å². The number of nitrogens with two attached hydrogens (primary N) is 1. The highest BCUT2D eigenvalue weighted by molar-refractivity contribution is 9.10. The summed E-state index contributed by atoms with van der Waals surface area (Å²) in [5.74, 6) is 0.00570. The smallest absolute Gasteiger partial charge is 0.161 e. The second kappa shape index (κ2) is 8.14. The summed E-state index contributed by atoms with van der Waals surface area (Å²) < 4.78 is 3.09. The number of aromatic nitrogens is 1. The molecule has 1 aliphatic heterocycles. The summed E-state index contributed by atoms with van der Waals surface area (Å²) in [7, 11) is 2.06. The third-order valence-corrected chi connectivity index (χ3v) is 7.74. The fraction of sp³-hybridized carbons (Fsp3) is 0.172. The number of anilines is 1. The fourth-order valence-corrected chi connectivity index (χ4v) is 6.08. The first-order valence-corrected chi connectivity index (χ1v) is 12.5. The van der Waals surface area contributed by atoms with Crippen LogP contribution in [0.4, 0.5) is 5.69 Å². The molecule has 172 valence electrons. The molecule has 2 heterocycles. The maximum atomic E-state index is 13.4. The first-order valence-electron chi connectivity index (χ1n) is 11.7. The van der Waals surface area contributed by atoms with Crippen LogP contribution in [-0.4, -0.2) is 10.4 Å². The number of allylic oxidation sites excluding steroid dienone is 3. The number of carbonyl (C=O) groups is 1. The molecule has 5 nitrogen and oxygen atoms in total. The number of hydrogen-bond acceptors (Lipinski definition) is 4. The van der Waals surface area contributed by atoms with Crippen LogP contribution in [0.5, 0.6) is 0 Å². The zero-order valence-corrected chi connectivity index (χ0v) is 20.8. The number of nitrogens with zero attached hydrogens (tertiary/aromatic N) is 3. The molecule has 6 heteroatoms. The van der Waals surface area contributed by atoms with Crippen LogP contribution in [0.1, 0.15) is 30.7 Å². The van der Waals surface area contributed by atoms with Crippen molar-refractivity contribution in [3.05, 3.63) is 99.4 Å². The summed E-state index contributed by atoms with van der Waals surface area (Å²) >= 11 is 3.54. The number of fused-ring (bicyclic) bond motifs is 3. The van der Waals surface area contributed by atoms with E-state index in [4.69, 9.17) is 5.73 Å². The van der Waals surface area contributed by atoms with Gasteiger partial charge < -0.3 is 10.3 Å². The predicted molar refractivity (Wildman–Crippen MR) is 142 cm³/mol. The van der Waals surface area contributed by atoms with E-state index in [-0.39, 0.29) is 5.78 Å². The van der Waals surface area contributed by atoms with Crippen molar-refractivity contribution in [2.75, 3.05) is 4.90 Å². The number of aryl methyl sites for hydroxylation is 1. The molecule has 0 unspecified atom stereocenters. The highest BCUT2D eigenvalue weighted by Crippen LogP contribution is 2.47. The minimum atomic E-state index is -0.477. The van der Waals surface area contributed by atoms with Crippen molar-refractivity contribution >= 4 is 49.2 Å². The number of hydrogen-bond donors (Lipinski definition) is 1. The van der Waals surface area contributed by atoms with E-state index in [9.17, 15) is 10.1 Å². The summed E-state index contributed by atoms with van der Waals surface area (Å²) in [4.78, 5) is 15.3. The first-order chi connectivity index (χ1) is 17.0. The molecule has 0 bridgehead atoms. The zero-order valence-electron chi connectivity index (χ0n) is 19.3. The Bertz CT molecular complexity index is 1650. The average molecular weight is 523 g/mol. The summed E-state index contributed by atoms with van der Waals surface area (Å²) in [5, 5.41) is 12.6. The fourth-order valence-electron chi connectivity index (χ4n) is 5.69. The Morgan fingerprint density at radius 2 is 1.80 bits per heavy atom. The van der Waals surface area contributed by atoms with Crippen molar-refractivity contribution < 1.29 is 4.79 Å². The third-order valence-electron chi connectivity index (χ3n) is 7.25. The SMILES string of the molecule is Cn1c2ccccc2c2cc([C@@H]3C(C#N)=C(N)N(c4cccc(Br)c4)C4=C3C(=O)CCC4)ccc21. The van der Waals surface area contributed by atoms with Gasteiger partial charge in [-0.1, -0.05) is 46.3 Å². The Morgan fingerprint density at radius 3 is 2.60 bits per heavy atom. The van der Waals surface area contributed by atoms with Gasteiger partial charge in [-0.05, 0) is 54.8 Å². The zero-order chi connectivity index (χ0) is 24.3. The van der Waals surface area contributed by atoms with Crippen LogP contribution in [0.2, 0.25) is 0 Å². The molecule has 6 rings (SSSR count). The molecular weight excluding hydrogens is 500 g/mol. The summed E-state index contributed by atoms with van der Waals surface area (Å²) in [5.41, 5.74) is 12.8. The van der Waals surface area contributed by atoms with Crippen LogP contribution in [0.15, 0.2) is 93.9 Å². The van der Waals surface area contributed by atoms with Crippen molar-refractivity contribution in [3.63, 3.8) is 0 Å². The van der Waals surface area contributed by atoms with Gasteiger partial charge in [-0.25, -0.2) is 0 Å². The largest absolute Gasteiger partial charge is 0.384 e. The number of Topliss-reactive ketones (excluding diaryl/α,β-unsaturated/α-hetero) is 1. The molecule has 0 saturated carbocycles. The summed E-state index contributed by atoms with van der Waals surface area (Å²) in [6.45, 7) is 0. The lowest BCUT2D eigenvalue weighted by Crippen LogP contribution is -2.38. The van der Waals surface area contributed by atoms with Crippen molar-refractivity contribution in [3.8, 4) is 6.07 Å². The molecule has 1 atom stereocenters. The number of nitriles is 1. The molecule has 0 amide bonds. The molecule has 0 spiro atoms. The van der Waals surface area contributed by atoms with E-state index in [1.165, 1.54) is 0 Å². The van der Waals surface area contributed by atoms with Gasteiger partial charge in [0, 0.05) is 56.7 Å². The number of benzene rings is 3. The van der Waals surface area contributed by atoms with Crippen LogP contribution in [0.25, 0.3) is 21.8 Å². The van der Waals surface area contributed by atoms with E-state index in [1.54, 1.807) is 0 Å². The second-order valence-corrected chi connectivity index (χ2v) is 10.1. The molecule has 35 heavy (non-hydrogen) atoms. The monoisotopic (exact) mass is 522 g/mol. The number of ketones is 1. The molecule has 3 aromatic carbocycles. The molecule has 4 aromatic rings. The van der Waals surface area contributed by atoms with Gasteiger partial charge in [0.15, 0.2) is 5.78 Å². The van der Waals surface area contributed by atoms with Gasteiger partial charge in [-0.2, -0.15) is 5.26 Å². The standard InChI is InChI=1S/C29H23BrN4O/c1-33-23-9-3-2-8-20(23)21-14-17(12-13-24(21)33)27-22(16-31)29(32)34(19-7-4-6-18(30)15-19)25-10-5-11-26(35)28(25)27/h2-4,6-9,12-15,27H,5,10-11,32H2,1H3/t27-/m1/s1. The number of para-hydroxylation sites is 1. The topological polar surface area (TPSA) is 75.0 Å². The average Bonchev–Trinajstić information content (AvgIpc) is 3.15. The van der Waals surface area contributed by atoms with Gasteiger partial charge in [-0.15, -0.1) is 0 Å². The van der Waals surface area contributed by atoms with Gasteiger partial charge in [0.25, 0.3) is 0 Å². The minimum Gasteiger partial charge on any atom is -0.384 e. The highest BCUT2D eigenvalue weighted by atomic mass is 79.9. The Kier molecular flexibility index (Phi) is 5.05. The maximum absolute atomic E-state index is 13.4. The molecule has 2 N–H and O–H groups in total. The normalized spacial score (nSPS) is 18.4. The Labute approximate surface area is 211 Å². The van der Waals surface area contributed by atoms with E-state index in [1.807, 2.05) is 47.4 Å². The van der Waals surface area contributed by atoms with Crippen LogP contribution >= 0.6 is 15.9 Å². The lowest BCUT2D eigenvalue weighted by atomic mass is 9.75. The lowest BCUT2D eigenvalue weighted by Gasteiger charge is -2.39. The van der Waals surface area contributed by atoms with Crippen LogP contribution in [0, 0.1) is 11.3 Å². The number of halogens is 1. The maximum Gasteiger partial charge on any atom is 0.161 e. The molecule has 1 aliphatic carbocycles. The van der Waals surface area contributed by atoms with Crippen molar-refractivity contribution in [1.82, 2.24) is 4.57 Å². The van der Waals surface area contributed by atoms with E-state index in [0.717, 1.165) is 56.1 Å². The molecule has 0 radical (unpaired) electrons. The predicted octanol–water partition coefficient (Wildman–Crippen LogP) is 6.40. The van der Waals surface area contributed by atoms with E-state index in [0.29, 0.717) is 23.4 Å². The molecular formula is C29H23BrN4O. The molecule has 1 aromatic heterocycles. The lowest BCUT2D eigenvalue weighted by molar-refractivity contribution is -0.116. The van der Waals surface area contributed by atoms with Crippen molar-refractivity contribution in [1.29, 1.82) is 5.26 Å². The molecule has 0 fully saturated rings. The van der Waals surface area contributed by atoms with Crippen LogP contribution in [0.3, 0.4) is 0 Å². The van der Waals surface area contributed by atoms with Gasteiger partial charge >= 0.3 is 0 Å².